The third kappa shape index (κ3) is 12.8. The Hall–Kier alpha value is -1.10. The lowest BCUT2D eigenvalue weighted by Gasteiger charge is -2.03. The molecular formula is C12H22O5. The fourth-order valence-corrected chi connectivity index (χ4v) is 1.28. The van der Waals surface area contributed by atoms with E-state index in [1.165, 1.54) is 0 Å². The summed E-state index contributed by atoms with van der Waals surface area (Å²) in [6.45, 7) is 2.53. The molecule has 0 heterocycles. The van der Waals surface area contributed by atoms with E-state index in [1.807, 2.05) is 0 Å². The number of carboxylic acid groups (broad SMARTS) is 1. The minimum Gasteiger partial charge on any atom is -0.481 e. The maximum atomic E-state index is 11.1. The summed E-state index contributed by atoms with van der Waals surface area (Å²) in [5.74, 6) is -1.18. The highest BCUT2D eigenvalue weighted by Crippen LogP contribution is 2.04. The van der Waals surface area contributed by atoms with Crippen LogP contribution in [0.2, 0.25) is 0 Å². The number of carbonyl (C=O) groups excluding carboxylic acids is 1. The fraction of sp³-hybridized carbons (Fsp3) is 0.833. The molecule has 0 aliphatic rings. The second-order valence-corrected chi connectivity index (χ2v) is 3.94. The first kappa shape index (κ1) is 15.9. The Kier molecular flexibility index (Phi) is 10.7. The van der Waals surface area contributed by atoms with Gasteiger partial charge in [-0.1, -0.05) is 26.2 Å². The highest BCUT2D eigenvalue weighted by Gasteiger charge is 2.04. The topological polar surface area (TPSA) is 72.8 Å². The first-order valence-corrected chi connectivity index (χ1v) is 6.21. The molecule has 0 bridgehead atoms. The summed E-state index contributed by atoms with van der Waals surface area (Å²) >= 11 is 0. The molecule has 0 saturated heterocycles. The molecule has 0 spiro atoms. The Morgan fingerprint density at radius 1 is 1.00 bits per heavy atom. The monoisotopic (exact) mass is 246 g/mol. The largest absolute Gasteiger partial charge is 0.481 e. The molecule has 0 aliphatic carbocycles. The molecule has 0 aromatic carbocycles. The second kappa shape index (κ2) is 11.4. The summed E-state index contributed by atoms with van der Waals surface area (Å²) in [7, 11) is 0. The van der Waals surface area contributed by atoms with Crippen molar-refractivity contribution >= 4 is 11.9 Å². The summed E-state index contributed by atoms with van der Waals surface area (Å²) in [5.41, 5.74) is 0. The Balaban J connectivity index is 3.20. The maximum Gasteiger partial charge on any atom is 0.342 e. The van der Waals surface area contributed by atoms with Crippen LogP contribution in [0.4, 0.5) is 0 Å². The van der Waals surface area contributed by atoms with Crippen molar-refractivity contribution in [1.29, 1.82) is 0 Å². The fourth-order valence-electron chi connectivity index (χ4n) is 1.28. The van der Waals surface area contributed by atoms with Gasteiger partial charge in [0.25, 0.3) is 0 Å². The number of carbonyl (C=O) groups is 2. The zero-order valence-electron chi connectivity index (χ0n) is 10.4. The van der Waals surface area contributed by atoms with Crippen molar-refractivity contribution < 1.29 is 24.5 Å². The average Bonchev–Trinajstić information content (AvgIpc) is 2.28. The highest BCUT2D eigenvalue weighted by atomic mass is 17.2. The van der Waals surface area contributed by atoms with Gasteiger partial charge in [-0.3, -0.25) is 9.68 Å². The van der Waals surface area contributed by atoms with Crippen LogP contribution in [0, 0.1) is 0 Å². The molecule has 1 N–H and O–H groups in total. The van der Waals surface area contributed by atoms with Gasteiger partial charge in [-0.25, -0.2) is 4.79 Å². The SMILES string of the molecule is CCCCCOOC(=O)CCCCCC(=O)O. The van der Waals surface area contributed by atoms with Crippen LogP contribution in [0.3, 0.4) is 0 Å². The Morgan fingerprint density at radius 2 is 1.71 bits per heavy atom. The van der Waals surface area contributed by atoms with Crippen LogP contribution in [-0.4, -0.2) is 23.7 Å². The molecule has 5 heteroatoms. The van der Waals surface area contributed by atoms with Gasteiger partial charge >= 0.3 is 11.9 Å². The van der Waals surface area contributed by atoms with Crippen LogP contribution in [0.15, 0.2) is 0 Å². The average molecular weight is 246 g/mol. The number of unbranched alkanes of at least 4 members (excludes halogenated alkanes) is 4. The van der Waals surface area contributed by atoms with E-state index in [2.05, 4.69) is 11.8 Å². The van der Waals surface area contributed by atoms with Gasteiger partial charge in [-0.2, -0.15) is 4.89 Å². The maximum absolute atomic E-state index is 11.1. The lowest BCUT2D eigenvalue weighted by atomic mass is 10.1. The summed E-state index contributed by atoms with van der Waals surface area (Å²) in [6.07, 6.45) is 5.45. The van der Waals surface area contributed by atoms with Gasteiger partial charge in [0, 0.05) is 12.8 Å². The third-order valence-electron chi connectivity index (χ3n) is 2.25. The molecule has 0 aromatic rings. The summed E-state index contributed by atoms with van der Waals surface area (Å²) in [5, 5.41) is 8.40. The standard InChI is InChI=1S/C12H22O5/c1-2-3-7-10-16-17-12(15)9-6-4-5-8-11(13)14/h2-10H2,1H3,(H,13,14). The van der Waals surface area contributed by atoms with E-state index in [4.69, 9.17) is 9.99 Å². The molecule has 5 nitrogen and oxygen atoms in total. The van der Waals surface area contributed by atoms with Gasteiger partial charge in [-0.05, 0) is 19.3 Å². The van der Waals surface area contributed by atoms with Gasteiger partial charge in [0.1, 0.15) is 0 Å². The van der Waals surface area contributed by atoms with Crippen LogP contribution < -0.4 is 0 Å². The Labute approximate surface area is 102 Å². The van der Waals surface area contributed by atoms with E-state index in [-0.39, 0.29) is 18.8 Å². The van der Waals surface area contributed by atoms with Gasteiger partial charge < -0.3 is 5.11 Å². The molecule has 0 rings (SSSR count). The van der Waals surface area contributed by atoms with Crippen molar-refractivity contribution in [3.8, 4) is 0 Å². The van der Waals surface area contributed by atoms with E-state index in [9.17, 15) is 9.59 Å². The highest BCUT2D eigenvalue weighted by molar-refractivity contribution is 5.68. The molecule has 17 heavy (non-hydrogen) atoms. The van der Waals surface area contributed by atoms with E-state index < -0.39 is 5.97 Å². The van der Waals surface area contributed by atoms with Crippen LogP contribution in [0.1, 0.15) is 58.3 Å². The number of hydrogen-bond acceptors (Lipinski definition) is 4. The molecule has 0 unspecified atom stereocenters. The molecule has 100 valence electrons. The second-order valence-electron chi connectivity index (χ2n) is 3.94. The first-order chi connectivity index (χ1) is 8.16. The van der Waals surface area contributed by atoms with Crippen LogP contribution in [0.25, 0.3) is 0 Å². The predicted octanol–water partition coefficient (Wildman–Crippen LogP) is 2.69. The van der Waals surface area contributed by atoms with E-state index in [0.29, 0.717) is 19.4 Å². The van der Waals surface area contributed by atoms with Crippen molar-refractivity contribution in [2.45, 2.75) is 58.3 Å². The van der Waals surface area contributed by atoms with Crippen LogP contribution in [0.5, 0.6) is 0 Å². The minimum absolute atomic E-state index is 0.155. The van der Waals surface area contributed by atoms with Crippen molar-refractivity contribution in [3.63, 3.8) is 0 Å². The summed E-state index contributed by atoms with van der Waals surface area (Å²) in [4.78, 5) is 30.6. The molecule has 0 saturated carbocycles. The third-order valence-corrected chi connectivity index (χ3v) is 2.25. The summed E-state index contributed by atoms with van der Waals surface area (Å²) in [6, 6.07) is 0. The van der Waals surface area contributed by atoms with E-state index >= 15 is 0 Å². The molecule has 0 amide bonds. The van der Waals surface area contributed by atoms with Crippen LogP contribution >= 0.6 is 0 Å². The molecule has 0 atom stereocenters. The lowest BCUT2D eigenvalue weighted by Crippen LogP contribution is -2.06. The lowest BCUT2D eigenvalue weighted by molar-refractivity contribution is -0.272. The number of aliphatic carboxylic acids is 1. The molecule has 0 radical (unpaired) electrons. The molecule has 0 aromatic heterocycles. The number of rotatable bonds is 11. The number of carboxylic acids is 1. The van der Waals surface area contributed by atoms with Gasteiger partial charge in [0.05, 0.1) is 6.61 Å². The quantitative estimate of drug-likeness (QED) is 0.345. The van der Waals surface area contributed by atoms with Gasteiger partial charge in [-0.15, -0.1) is 0 Å². The Morgan fingerprint density at radius 3 is 2.35 bits per heavy atom. The predicted molar refractivity (Wildman–Crippen MR) is 62.3 cm³/mol. The van der Waals surface area contributed by atoms with E-state index in [1.54, 1.807) is 0 Å². The van der Waals surface area contributed by atoms with Crippen LogP contribution in [-0.2, 0) is 19.4 Å². The van der Waals surface area contributed by atoms with Crippen molar-refractivity contribution in [2.75, 3.05) is 6.61 Å². The summed E-state index contributed by atoms with van der Waals surface area (Å²) < 4.78 is 0. The van der Waals surface area contributed by atoms with Gasteiger partial charge in [0.2, 0.25) is 0 Å². The zero-order chi connectivity index (χ0) is 12.9. The van der Waals surface area contributed by atoms with E-state index in [0.717, 1.165) is 25.7 Å². The smallest absolute Gasteiger partial charge is 0.342 e. The van der Waals surface area contributed by atoms with Crippen molar-refractivity contribution in [1.82, 2.24) is 0 Å². The minimum atomic E-state index is -0.799. The normalized spacial score (nSPS) is 10.2. The van der Waals surface area contributed by atoms with Gasteiger partial charge in [0.15, 0.2) is 0 Å². The molecule has 0 aliphatic heterocycles. The molecular weight excluding hydrogens is 224 g/mol. The first-order valence-electron chi connectivity index (χ1n) is 6.21. The van der Waals surface area contributed by atoms with Crippen molar-refractivity contribution in [3.05, 3.63) is 0 Å². The van der Waals surface area contributed by atoms with Crippen molar-refractivity contribution in [2.24, 2.45) is 0 Å². The Bertz CT molecular complexity index is 215. The molecule has 0 fully saturated rings. The number of hydrogen-bond donors (Lipinski definition) is 1. The zero-order valence-corrected chi connectivity index (χ0v) is 10.4.